The summed E-state index contributed by atoms with van der Waals surface area (Å²) in [5.41, 5.74) is 0. The van der Waals surface area contributed by atoms with Crippen LogP contribution in [0.5, 0.6) is 0 Å². The molecular formula is C79H154O17P2. The third-order valence-corrected chi connectivity index (χ3v) is 20.9. The van der Waals surface area contributed by atoms with Gasteiger partial charge in [-0.25, -0.2) is 9.13 Å². The van der Waals surface area contributed by atoms with Gasteiger partial charge in [0.05, 0.1) is 26.4 Å². The third kappa shape index (κ3) is 69.8. The zero-order valence-corrected chi connectivity index (χ0v) is 66.2. The molecule has 0 bridgehead atoms. The lowest BCUT2D eigenvalue weighted by Gasteiger charge is -2.21. The van der Waals surface area contributed by atoms with Gasteiger partial charge < -0.3 is 33.8 Å². The van der Waals surface area contributed by atoms with Crippen molar-refractivity contribution in [1.82, 2.24) is 0 Å². The van der Waals surface area contributed by atoms with Crippen molar-refractivity contribution in [2.24, 2.45) is 23.7 Å². The van der Waals surface area contributed by atoms with Gasteiger partial charge in [0, 0.05) is 25.7 Å². The number of aliphatic hydroxyl groups is 1. The number of hydrogen-bond donors (Lipinski definition) is 3. The van der Waals surface area contributed by atoms with E-state index in [1.54, 1.807) is 0 Å². The SMILES string of the molecule is CCC(C)CCCCCCCCCCCCCCCCC(=O)O[C@H](COC(=O)CCCCCCCCCCCCCCC(C)C)COP(=O)(O)OC[C@@H](O)COP(=O)(O)OC[C@@H](COC(=O)CCCCCCCCCCC(C)C)OC(=O)CCCCCCCCCCCCC(C)CC. The lowest BCUT2D eigenvalue weighted by atomic mass is 9.99. The molecule has 0 heterocycles. The molecule has 98 heavy (non-hydrogen) atoms. The van der Waals surface area contributed by atoms with Crippen LogP contribution in [-0.2, 0) is 65.4 Å². The zero-order chi connectivity index (χ0) is 72.4. The maximum absolute atomic E-state index is 13.1. The highest BCUT2D eigenvalue weighted by Crippen LogP contribution is 2.45. The quantitative estimate of drug-likeness (QED) is 0.0222. The summed E-state index contributed by atoms with van der Waals surface area (Å²) in [6.07, 6.45) is 53.9. The summed E-state index contributed by atoms with van der Waals surface area (Å²) < 4.78 is 68.7. The topological polar surface area (TPSA) is 237 Å². The summed E-state index contributed by atoms with van der Waals surface area (Å²) in [5, 5.41) is 10.6. The highest BCUT2D eigenvalue weighted by Gasteiger charge is 2.30. The van der Waals surface area contributed by atoms with Crippen molar-refractivity contribution < 1.29 is 80.2 Å². The van der Waals surface area contributed by atoms with Crippen LogP contribution in [0.4, 0.5) is 0 Å². The van der Waals surface area contributed by atoms with Crippen molar-refractivity contribution in [3.63, 3.8) is 0 Å². The Balaban J connectivity index is 5.27. The van der Waals surface area contributed by atoms with Crippen molar-refractivity contribution >= 4 is 39.5 Å². The molecule has 0 aromatic rings. The molecule has 17 nitrogen and oxygen atoms in total. The Bertz CT molecular complexity index is 1920. The zero-order valence-electron chi connectivity index (χ0n) is 64.4. The van der Waals surface area contributed by atoms with Gasteiger partial charge in [-0.3, -0.25) is 37.3 Å². The molecule has 0 spiro atoms. The van der Waals surface area contributed by atoms with Gasteiger partial charge in [0.2, 0.25) is 0 Å². The third-order valence-electron chi connectivity index (χ3n) is 19.0. The molecule has 0 rings (SSSR count). The van der Waals surface area contributed by atoms with Crippen LogP contribution in [0.3, 0.4) is 0 Å². The fourth-order valence-corrected chi connectivity index (χ4v) is 13.6. The normalized spacial score (nSPS) is 14.6. The minimum atomic E-state index is -4.96. The number of ether oxygens (including phenoxy) is 4. The average molecular weight is 1440 g/mol. The molecule has 582 valence electrons. The summed E-state index contributed by atoms with van der Waals surface area (Å²) in [5.74, 6) is 1.04. The van der Waals surface area contributed by atoms with Gasteiger partial charge in [0.25, 0.3) is 0 Å². The van der Waals surface area contributed by atoms with Crippen LogP contribution in [0.2, 0.25) is 0 Å². The van der Waals surface area contributed by atoms with Crippen LogP contribution in [0.25, 0.3) is 0 Å². The Hall–Kier alpha value is -1.94. The highest BCUT2D eigenvalue weighted by molar-refractivity contribution is 7.47. The van der Waals surface area contributed by atoms with E-state index < -0.39 is 97.5 Å². The number of unbranched alkanes of at least 4 members (excludes halogenated alkanes) is 40. The van der Waals surface area contributed by atoms with E-state index in [0.29, 0.717) is 25.7 Å². The fourth-order valence-electron chi connectivity index (χ4n) is 12.0. The molecule has 7 atom stereocenters. The Morgan fingerprint density at radius 3 is 0.724 bits per heavy atom. The molecular weight excluding hydrogens is 1280 g/mol. The Morgan fingerprint density at radius 2 is 0.490 bits per heavy atom. The Kier molecular flexibility index (Phi) is 66.8. The standard InChI is InChI=1S/C79H154O17P2/c1-9-71(7)57-49-41-33-24-18-13-11-12-14-20-27-37-45-53-61-78(83)95-74(65-89-76(81)59-51-43-35-26-19-16-15-17-23-31-39-47-55-69(3)4)67-93-97(85,86)91-63-73(80)64-92-98(87,88)94-68-75(66-90-77(82)60-52-44-36-30-29-32-40-48-56-70(5)6)96-79(84)62-54-46-38-28-22-21-25-34-42-50-58-72(8)10-2/h69-75,80H,9-68H2,1-8H3,(H,85,86)(H,87,88)/t71?,72?,73-,74-,75-/m1/s1. The molecule has 4 unspecified atom stereocenters. The summed E-state index contributed by atoms with van der Waals surface area (Å²) in [7, 11) is -9.92. The van der Waals surface area contributed by atoms with Gasteiger partial charge in [-0.2, -0.15) is 0 Å². The van der Waals surface area contributed by atoms with Crippen molar-refractivity contribution in [3.05, 3.63) is 0 Å². The number of rotatable bonds is 76. The van der Waals surface area contributed by atoms with Crippen LogP contribution >= 0.6 is 15.6 Å². The molecule has 0 aromatic heterocycles. The first-order valence-corrected chi connectivity index (χ1v) is 43.8. The Morgan fingerprint density at radius 1 is 0.286 bits per heavy atom. The number of aliphatic hydroxyl groups excluding tert-OH is 1. The largest absolute Gasteiger partial charge is 0.472 e. The molecule has 3 N–H and O–H groups in total. The van der Waals surface area contributed by atoms with Gasteiger partial charge in [0.15, 0.2) is 12.2 Å². The monoisotopic (exact) mass is 1440 g/mol. The molecule has 0 saturated carbocycles. The molecule has 0 radical (unpaired) electrons. The van der Waals surface area contributed by atoms with E-state index in [-0.39, 0.29) is 25.7 Å². The van der Waals surface area contributed by atoms with Gasteiger partial charge in [0.1, 0.15) is 19.3 Å². The van der Waals surface area contributed by atoms with Gasteiger partial charge in [-0.05, 0) is 49.4 Å². The van der Waals surface area contributed by atoms with Crippen LogP contribution in [0.15, 0.2) is 0 Å². The molecule has 0 aliphatic rings. The van der Waals surface area contributed by atoms with E-state index in [9.17, 15) is 43.2 Å². The maximum Gasteiger partial charge on any atom is 0.472 e. The number of carbonyl (C=O) groups excluding carboxylic acids is 4. The predicted octanol–water partition coefficient (Wildman–Crippen LogP) is 23.2. The molecule has 0 fully saturated rings. The molecule has 0 saturated heterocycles. The first-order chi connectivity index (χ1) is 47.2. The van der Waals surface area contributed by atoms with Gasteiger partial charge >= 0.3 is 39.5 Å². The van der Waals surface area contributed by atoms with E-state index in [1.165, 1.54) is 205 Å². The van der Waals surface area contributed by atoms with E-state index in [2.05, 4.69) is 55.4 Å². The van der Waals surface area contributed by atoms with Crippen molar-refractivity contribution in [2.75, 3.05) is 39.6 Å². The summed E-state index contributed by atoms with van der Waals surface area (Å²) in [6, 6.07) is 0. The second kappa shape index (κ2) is 68.2. The number of carbonyl (C=O) groups is 4. The predicted molar refractivity (Wildman–Crippen MR) is 400 cm³/mol. The lowest BCUT2D eigenvalue weighted by molar-refractivity contribution is -0.161. The molecule has 0 aliphatic carbocycles. The van der Waals surface area contributed by atoms with E-state index >= 15 is 0 Å². The highest BCUT2D eigenvalue weighted by atomic mass is 31.2. The molecule has 0 aromatic carbocycles. The summed E-state index contributed by atoms with van der Waals surface area (Å²) in [6.45, 7) is 14.3. The maximum atomic E-state index is 13.1. The first-order valence-electron chi connectivity index (χ1n) is 40.8. The van der Waals surface area contributed by atoms with Crippen molar-refractivity contribution in [2.45, 2.75) is 420 Å². The Labute approximate surface area is 600 Å². The lowest BCUT2D eigenvalue weighted by Crippen LogP contribution is -2.30. The molecule has 0 amide bonds. The van der Waals surface area contributed by atoms with E-state index in [0.717, 1.165) is 114 Å². The second-order valence-electron chi connectivity index (χ2n) is 29.9. The number of hydrogen-bond acceptors (Lipinski definition) is 15. The number of esters is 4. The average Bonchev–Trinajstić information content (AvgIpc) is 0.933. The number of phosphoric acid groups is 2. The van der Waals surface area contributed by atoms with Crippen LogP contribution in [0, 0.1) is 23.7 Å². The summed E-state index contributed by atoms with van der Waals surface area (Å²) >= 11 is 0. The van der Waals surface area contributed by atoms with Gasteiger partial charge in [-0.15, -0.1) is 0 Å². The molecule has 0 aliphatic heterocycles. The summed E-state index contributed by atoms with van der Waals surface area (Å²) in [4.78, 5) is 73.0. The fraction of sp³-hybridized carbons (Fsp3) is 0.949. The van der Waals surface area contributed by atoms with Crippen LogP contribution < -0.4 is 0 Å². The van der Waals surface area contributed by atoms with Gasteiger partial charge in [-0.1, -0.05) is 351 Å². The van der Waals surface area contributed by atoms with E-state index in [1.807, 2.05) is 0 Å². The van der Waals surface area contributed by atoms with Crippen molar-refractivity contribution in [3.8, 4) is 0 Å². The minimum absolute atomic E-state index is 0.105. The number of phosphoric ester groups is 2. The van der Waals surface area contributed by atoms with E-state index in [4.69, 9.17) is 37.0 Å². The van der Waals surface area contributed by atoms with Crippen LogP contribution in [-0.4, -0.2) is 96.7 Å². The first kappa shape index (κ1) is 96.1. The second-order valence-corrected chi connectivity index (χ2v) is 32.8. The molecule has 19 heteroatoms. The van der Waals surface area contributed by atoms with Crippen LogP contribution in [0.1, 0.15) is 402 Å². The smallest absolute Gasteiger partial charge is 0.462 e. The van der Waals surface area contributed by atoms with Crippen molar-refractivity contribution in [1.29, 1.82) is 0 Å². The minimum Gasteiger partial charge on any atom is -0.462 e.